The lowest BCUT2D eigenvalue weighted by Gasteiger charge is -2.32. The molecule has 1 fully saturated rings. The summed E-state index contributed by atoms with van der Waals surface area (Å²) in [4.78, 5) is 14.1. The molecule has 1 saturated heterocycles. The lowest BCUT2D eigenvalue weighted by atomic mass is 10.2. The second-order valence-corrected chi connectivity index (χ2v) is 7.80. The van der Waals surface area contributed by atoms with Crippen LogP contribution >= 0.6 is 0 Å². The lowest BCUT2D eigenvalue weighted by Crippen LogP contribution is -2.45. The van der Waals surface area contributed by atoms with Gasteiger partial charge in [-0.05, 0) is 51.6 Å². The third kappa shape index (κ3) is 5.93. The fourth-order valence-corrected chi connectivity index (χ4v) is 3.34. The number of aryl methyl sites for hydroxylation is 2. The summed E-state index contributed by atoms with van der Waals surface area (Å²) in [6.07, 6.45) is 2.81. The number of benzene rings is 1. The summed E-state index contributed by atoms with van der Waals surface area (Å²) in [7, 11) is 2.17. The normalized spacial score (nSPS) is 15.9. The zero-order valence-corrected chi connectivity index (χ0v) is 18.6. The molecule has 0 radical (unpaired) electrons. The zero-order valence-electron chi connectivity index (χ0n) is 18.6. The van der Waals surface area contributed by atoms with E-state index in [0.29, 0.717) is 23.8 Å². The Bertz CT molecular complexity index is 857. The van der Waals surface area contributed by atoms with Gasteiger partial charge in [0.25, 0.3) is 0 Å². The molecule has 7 heteroatoms. The number of anilines is 2. The van der Waals surface area contributed by atoms with Gasteiger partial charge in [0.05, 0.1) is 17.1 Å². The van der Waals surface area contributed by atoms with Crippen LogP contribution < -0.4 is 15.8 Å². The van der Waals surface area contributed by atoms with Crippen LogP contribution in [0.25, 0.3) is 5.70 Å². The maximum absolute atomic E-state index is 6.22. The van der Waals surface area contributed by atoms with Crippen molar-refractivity contribution in [3.63, 3.8) is 0 Å². The Morgan fingerprint density at radius 1 is 1.10 bits per heavy atom. The van der Waals surface area contributed by atoms with Gasteiger partial charge in [-0.3, -0.25) is 4.90 Å². The number of aromatic nitrogens is 2. The molecule has 0 saturated carbocycles. The standard InChI is InChI=1S/C23H34N6O/c1-5-6-21(24)22-23(26-18(3)17(2)25-22)27-19-7-9-20(10-8-19)30-16-15-29-13-11-28(4)12-14-29/h6-10H,5,11-16,24H2,1-4H3,(H,26,27)/b21-6-. The van der Waals surface area contributed by atoms with Crippen molar-refractivity contribution < 1.29 is 4.74 Å². The number of likely N-dealkylation sites (N-methyl/N-ethyl adjacent to an activating group) is 1. The van der Waals surface area contributed by atoms with Gasteiger partial charge < -0.3 is 20.7 Å². The van der Waals surface area contributed by atoms with E-state index in [1.165, 1.54) is 0 Å². The number of rotatable bonds is 8. The van der Waals surface area contributed by atoms with Crippen LogP contribution in [-0.2, 0) is 0 Å². The molecule has 1 aliphatic rings. The Hall–Kier alpha value is -2.64. The fraction of sp³-hybridized carbons (Fsp3) is 0.478. The monoisotopic (exact) mass is 410 g/mol. The highest BCUT2D eigenvalue weighted by Crippen LogP contribution is 2.24. The first-order chi connectivity index (χ1) is 14.5. The van der Waals surface area contributed by atoms with Crippen molar-refractivity contribution in [3.8, 4) is 5.75 Å². The number of piperazine rings is 1. The van der Waals surface area contributed by atoms with E-state index >= 15 is 0 Å². The minimum absolute atomic E-state index is 0.638. The molecular weight excluding hydrogens is 376 g/mol. The first-order valence-corrected chi connectivity index (χ1v) is 10.7. The summed E-state index contributed by atoms with van der Waals surface area (Å²) in [6.45, 7) is 12.1. The van der Waals surface area contributed by atoms with E-state index in [1.54, 1.807) is 0 Å². The van der Waals surface area contributed by atoms with Crippen molar-refractivity contribution in [2.45, 2.75) is 27.2 Å². The Balaban J connectivity index is 1.60. The van der Waals surface area contributed by atoms with E-state index in [4.69, 9.17) is 10.5 Å². The highest BCUT2D eigenvalue weighted by molar-refractivity contribution is 5.73. The molecule has 0 atom stereocenters. The number of hydrogen-bond acceptors (Lipinski definition) is 7. The Morgan fingerprint density at radius 3 is 2.43 bits per heavy atom. The molecule has 162 valence electrons. The predicted molar refractivity (Wildman–Crippen MR) is 123 cm³/mol. The summed E-state index contributed by atoms with van der Waals surface area (Å²) in [5.41, 5.74) is 10.2. The maximum Gasteiger partial charge on any atom is 0.158 e. The topological polar surface area (TPSA) is 79.5 Å². The van der Waals surface area contributed by atoms with Crippen molar-refractivity contribution in [1.82, 2.24) is 19.8 Å². The van der Waals surface area contributed by atoms with Gasteiger partial charge >= 0.3 is 0 Å². The molecule has 1 aliphatic heterocycles. The van der Waals surface area contributed by atoms with Gasteiger partial charge in [-0.2, -0.15) is 0 Å². The van der Waals surface area contributed by atoms with Gasteiger partial charge in [0, 0.05) is 38.4 Å². The van der Waals surface area contributed by atoms with Crippen LogP contribution in [0.3, 0.4) is 0 Å². The van der Waals surface area contributed by atoms with E-state index in [0.717, 1.165) is 62.0 Å². The van der Waals surface area contributed by atoms with Crippen LogP contribution in [0.2, 0.25) is 0 Å². The highest BCUT2D eigenvalue weighted by Gasteiger charge is 2.14. The average molecular weight is 411 g/mol. The molecule has 0 spiro atoms. The SMILES string of the molecule is CC/C=C(\N)c1nc(C)c(C)nc1Nc1ccc(OCCN2CCN(C)CC2)cc1. The van der Waals surface area contributed by atoms with Gasteiger partial charge in [-0.15, -0.1) is 0 Å². The Kier molecular flexibility index (Phi) is 7.65. The minimum atomic E-state index is 0.638. The van der Waals surface area contributed by atoms with Gasteiger partial charge in [0.1, 0.15) is 18.1 Å². The number of ether oxygens (including phenoxy) is 1. The van der Waals surface area contributed by atoms with E-state index in [-0.39, 0.29) is 0 Å². The number of nitrogens with zero attached hydrogens (tertiary/aromatic N) is 4. The Labute approximate surface area is 179 Å². The molecule has 0 amide bonds. The molecule has 0 aliphatic carbocycles. The maximum atomic E-state index is 6.22. The summed E-state index contributed by atoms with van der Waals surface area (Å²) in [6, 6.07) is 7.94. The number of hydrogen-bond donors (Lipinski definition) is 2. The third-order valence-corrected chi connectivity index (χ3v) is 5.39. The number of allylic oxidation sites excluding steroid dienone is 1. The number of nitrogens with two attached hydrogens (primary N) is 1. The van der Waals surface area contributed by atoms with Gasteiger partial charge in [0.15, 0.2) is 5.82 Å². The molecule has 0 unspecified atom stereocenters. The predicted octanol–water partition coefficient (Wildman–Crippen LogP) is 3.17. The molecule has 1 aromatic carbocycles. The fourth-order valence-electron chi connectivity index (χ4n) is 3.34. The molecule has 30 heavy (non-hydrogen) atoms. The van der Waals surface area contributed by atoms with Crippen LogP contribution in [0.1, 0.15) is 30.4 Å². The van der Waals surface area contributed by atoms with E-state index in [1.807, 2.05) is 44.2 Å². The molecule has 7 nitrogen and oxygen atoms in total. The Morgan fingerprint density at radius 2 is 1.77 bits per heavy atom. The molecule has 1 aromatic heterocycles. The summed E-state index contributed by atoms with van der Waals surface area (Å²) < 4.78 is 5.93. The molecular formula is C23H34N6O. The first-order valence-electron chi connectivity index (χ1n) is 10.7. The quantitative estimate of drug-likeness (QED) is 0.692. The largest absolute Gasteiger partial charge is 0.492 e. The first kappa shape index (κ1) is 22.1. The minimum Gasteiger partial charge on any atom is -0.492 e. The van der Waals surface area contributed by atoms with Crippen LogP contribution in [0, 0.1) is 13.8 Å². The van der Waals surface area contributed by atoms with Gasteiger partial charge in [-0.1, -0.05) is 13.0 Å². The van der Waals surface area contributed by atoms with Crippen molar-refractivity contribution in [2.75, 3.05) is 51.7 Å². The summed E-state index contributed by atoms with van der Waals surface area (Å²) in [5.74, 6) is 1.54. The number of nitrogens with one attached hydrogen (secondary N) is 1. The van der Waals surface area contributed by atoms with Crippen LogP contribution in [0.15, 0.2) is 30.3 Å². The summed E-state index contributed by atoms with van der Waals surface area (Å²) in [5, 5.41) is 3.36. The van der Waals surface area contributed by atoms with Crippen molar-refractivity contribution in [3.05, 3.63) is 47.4 Å². The zero-order chi connectivity index (χ0) is 21.5. The molecule has 3 rings (SSSR count). The lowest BCUT2D eigenvalue weighted by molar-refractivity contribution is 0.134. The molecule has 0 bridgehead atoms. The van der Waals surface area contributed by atoms with E-state index < -0.39 is 0 Å². The van der Waals surface area contributed by atoms with Crippen molar-refractivity contribution in [1.29, 1.82) is 0 Å². The van der Waals surface area contributed by atoms with Gasteiger partial charge in [-0.25, -0.2) is 9.97 Å². The molecule has 2 aromatic rings. The molecule has 2 heterocycles. The third-order valence-electron chi connectivity index (χ3n) is 5.39. The smallest absolute Gasteiger partial charge is 0.158 e. The summed E-state index contributed by atoms with van der Waals surface area (Å²) >= 11 is 0. The van der Waals surface area contributed by atoms with E-state index in [9.17, 15) is 0 Å². The second kappa shape index (κ2) is 10.4. The highest BCUT2D eigenvalue weighted by atomic mass is 16.5. The van der Waals surface area contributed by atoms with Crippen LogP contribution in [0.5, 0.6) is 5.75 Å². The average Bonchev–Trinajstić information content (AvgIpc) is 2.73. The van der Waals surface area contributed by atoms with Crippen LogP contribution in [0.4, 0.5) is 11.5 Å². The van der Waals surface area contributed by atoms with Crippen LogP contribution in [-0.4, -0.2) is 66.1 Å². The molecule has 3 N–H and O–H groups in total. The second-order valence-electron chi connectivity index (χ2n) is 7.80. The van der Waals surface area contributed by atoms with Crippen molar-refractivity contribution in [2.24, 2.45) is 5.73 Å². The van der Waals surface area contributed by atoms with E-state index in [2.05, 4.69) is 39.1 Å². The van der Waals surface area contributed by atoms with Crippen molar-refractivity contribution >= 4 is 17.2 Å². The van der Waals surface area contributed by atoms with Gasteiger partial charge in [0.2, 0.25) is 0 Å².